The van der Waals surface area contributed by atoms with Gasteiger partial charge in [-0.15, -0.1) is 0 Å². The van der Waals surface area contributed by atoms with Gasteiger partial charge in [0.15, 0.2) is 0 Å². The molecule has 144 valence electrons. The van der Waals surface area contributed by atoms with Crippen LogP contribution in [-0.2, 0) is 0 Å². The summed E-state index contributed by atoms with van der Waals surface area (Å²) in [6, 6.07) is 7.71. The largest absolute Gasteiger partial charge is 0.396 e. The summed E-state index contributed by atoms with van der Waals surface area (Å²) in [6.45, 7) is 6.69. The van der Waals surface area contributed by atoms with E-state index in [1.165, 1.54) is 38.1 Å². The fraction of sp³-hybridized carbons (Fsp3) is 0.619. The Morgan fingerprint density at radius 2 is 1.85 bits per heavy atom. The predicted molar refractivity (Wildman–Crippen MR) is 105 cm³/mol. The fourth-order valence-electron chi connectivity index (χ4n) is 4.22. The van der Waals surface area contributed by atoms with Gasteiger partial charge >= 0.3 is 0 Å². The number of halogens is 1. The summed E-state index contributed by atoms with van der Waals surface area (Å²) in [7, 11) is 2.20. The second kappa shape index (κ2) is 9.60. The number of piperidine rings is 1. The molecular formula is C21H32FN3O. The Morgan fingerprint density at radius 3 is 2.54 bits per heavy atom. The van der Waals surface area contributed by atoms with Crippen molar-refractivity contribution in [2.24, 2.45) is 0 Å². The van der Waals surface area contributed by atoms with E-state index in [1.54, 1.807) is 12.1 Å². The van der Waals surface area contributed by atoms with Gasteiger partial charge in [0.05, 0.1) is 0 Å². The van der Waals surface area contributed by atoms with Gasteiger partial charge < -0.3 is 10.0 Å². The molecule has 2 fully saturated rings. The van der Waals surface area contributed by atoms with Gasteiger partial charge in [0.25, 0.3) is 0 Å². The first-order chi connectivity index (χ1) is 12.7. The number of likely N-dealkylation sites (tertiary alicyclic amines) is 1. The van der Waals surface area contributed by atoms with Crippen LogP contribution in [0.5, 0.6) is 0 Å². The van der Waals surface area contributed by atoms with E-state index in [9.17, 15) is 9.50 Å². The molecule has 1 aromatic rings. The van der Waals surface area contributed by atoms with E-state index in [1.807, 2.05) is 0 Å². The molecule has 0 radical (unpaired) electrons. The lowest BCUT2D eigenvalue weighted by atomic mass is 9.98. The minimum Gasteiger partial charge on any atom is -0.396 e. The number of nitrogens with zero attached hydrogens (tertiary/aromatic N) is 3. The van der Waals surface area contributed by atoms with Crippen LogP contribution in [0.4, 0.5) is 4.39 Å². The summed E-state index contributed by atoms with van der Waals surface area (Å²) < 4.78 is 13.0. The summed E-state index contributed by atoms with van der Waals surface area (Å²) in [5.74, 6) is -0.195. The third kappa shape index (κ3) is 5.36. The molecule has 5 heteroatoms. The Hall–Kier alpha value is -1.27. The van der Waals surface area contributed by atoms with Crippen molar-refractivity contribution in [3.05, 3.63) is 41.7 Å². The maximum absolute atomic E-state index is 13.0. The molecule has 0 aromatic heterocycles. The van der Waals surface area contributed by atoms with Crippen LogP contribution in [0.1, 0.15) is 24.8 Å². The summed E-state index contributed by atoms with van der Waals surface area (Å²) in [4.78, 5) is 7.53. The minimum absolute atomic E-state index is 0.195. The molecule has 0 saturated carbocycles. The quantitative estimate of drug-likeness (QED) is 0.842. The van der Waals surface area contributed by atoms with Crippen LogP contribution in [0, 0.1) is 5.82 Å². The van der Waals surface area contributed by atoms with E-state index in [2.05, 4.69) is 33.9 Å². The number of hydrogen-bond acceptors (Lipinski definition) is 4. The summed E-state index contributed by atoms with van der Waals surface area (Å²) in [6.07, 6.45) is 7.55. The van der Waals surface area contributed by atoms with Crippen LogP contribution in [0.25, 0.3) is 6.08 Å². The van der Waals surface area contributed by atoms with E-state index in [0.29, 0.717) is 12.1 Å². The van der Waals surface area contributed by atoms with E-state index >= 15 is 0 Å². The van der Waals surface area contributed by atoms with Gasteiger partial charge in [0, 0.05) is 44.9 Å². The smallest absolute Gasteiger partial charge is 0.123 e. The van der Waals surface area contributed by atoms with E-state index < -0.39 is 0 Å². The molecule has 26 heavy (non-hydrogen) atoms. The average Bonchev–Trinajstić information content (AvgIpc) is 2.65. The van der Waals surface area contributed by atoms with E-state index in [4.69, 9.17) is 0 Å². The van der Waals surface area contributed by atoms with Gasteiger partial charge in [-0.1, -0.05) is 24.3 Å². The molecule has 2 aliphatic heterocycles. The Labute approximate surface area is 156 Å². The minimum atomic E-state index is -0.195. The van der Waals surface area contributed by atoms with Crippen LogP contribution < -0.4 is 0 Å². The first kappa shape index (κ1) is 19.5. The van der Waals surface area contributed by atoms with Gasteiger partial charge in [0.2, 0.25) is 0 Å². The number of aliphatic hydroxyl groups is 1. The molecule has 0 spiro atoms. The third-order valence-corrected chi connectivity index (χ3v) is 5.78. The highest BCUT2D eigenvalue weighted by Gasteiger charge is 2.32. The van der Waals surface area contributed by atoms with Crippen molar-refractivity contribution < 1.29 is 9.50 Å². The molecular weight excluding hydrogens is 329 g/mol. The third-order valence-electron chi connectivity index (χ3n) is 5.78. The average molecular weight is 362 g/mol. The first-order valence-electron chi connectivity index (χ1n) is 9.85. The van der Waals surface area contributed by atoms with Gasteiger partial charge in [-0.2, -0.15) is 0 Å². The number of aliphatic hydroxyl groups excluding tert-OH is 1. The van der Waals surface area contributed by atoms with Crippen molar-refractivity contribution in [2.45, 2.75) is 31.3 Å². The normalized spacial score (nSPS) is 24.5. The van der Waals surface area contributed by atoms with E-state index in [-0.39, 0.29) is 12.4 Å². The fourth-order valence-corrected chi connectivity index (χ4v) is 4.22. The first-order valence-corrected chi connectivity index (χ1v) is 9.85. The second-order valence-corrected chi connectivity index (χ2v) is 7.65. The highest BCUT2D eigenvalue weighted by molar-refractivity contribution is 5.48. The van der Waals surface area contributed by atoms with Crippen molar-refractivity contribution in [3.8, 4) is 0 Å². The molecule has 3 rings (SSSR count). The summed E-state index contributed by atoms with van der Waals surface area (Å²) >= 11 is 0. The molecule has 1 N–H and O–H groups in total. The Kier molecular flexibility index (Phi) is 7.20. The zero-order chi connectivity index (χ0) is 18.4. The van der Waals surface area contributed by atoms with E-state index in [0.717, 1.165) is 38.2 Å². The monoisotopic (exact) mass is 361 g/mol. The molecule has 1 atom stereocenters. The van der Waals surface area contributed by atoms with Crippen LogP contribution in [0.3, 0.4) is 0 Å². The zero-order valence-electron chi connectivity index (χ0n) is 15.9. The molecule has 2 heterocycles. The molecule has 4 nitrogen and oxygen atoms in total. The van der Waals surface area contributed by atoms with Crippen molar-refractivity contribution in [1.29, 1.82) is 0 Å². The van der Waals surface area contributed by atoms with Gasteiger partial charge in [0.1, 0.15) is 5.82 Å². The van der Waals surface area contributed by atoms with Crippen molar-refractivity contribution >= 4 is 6.08 Å². The van der Waals surface area contributed by atoms with Gasteiger partial charge in [-0.05, 0) is 57.1 Å². The highest BCUT2D eigenvalue weighted by Crippen LogP contribution is 2.23. The molecule has 2 aliphatic rings. The number of hydrogen-bond donors (Lipinski definition) is 1. The van der Waals surface area contributed by atoms with Crippen LogP contribution in [0.15, 0.2) is 30.3 Å². The standard InChI is InChI=1S/C21H32FN3O/c1-23-12-8-20(9-13-23)25-15-14-24(17-21(25)10-16-26)11-2-3-18-4-6-19(22)7-5-18/h2-7,20-21,26H,8-17H2,1H3/b3-2+. The maximum Gasteiger partial charge on any atom is 0.123 e. The number of rotatable bonds is 6. The molecule has 2 saturated heterocycles. The van der Waals surface area contributed by atoms with Gasteiger partial charge in [-0.3, -0.25) is 9.80 Å². The highest BCUT2D eigenvalue weighted by atomic mass is 19.1. The topological polar surface area (TPSA) is 30.0 Å². The summed E-state index contributed by atoms with van der Waals surface area (Å²) in [5.41, 5.74) is 1.03. The van der Waals surface area contributed by atoms with Crippen LogP contribution >= 0.6 is 0 Å². The summed E-state index contributed by atoms with van der Waals surface area (Å²) in [5, 5.41) is 9.51. The molecule has 0 amide bonds. The number of benzene rings is 1. The Bertz CT molecular complexity index is 569. The lowest BCUT2D eigenvalue weighted by molar-refractivity contribution is 0.0122. The lowest BCUT2D eigenvalue weighted by Crippen LogP contribution is -2.58. The molecule has 1 aromatic carbocycles. The van der Waals surface area contributed by atoms with Crippen molar-refractivity contribution in [3.63, 3.8) is 0 Å². The van der Waals surface area contributed by atoms with Crippen LogP contribution in [-0.4, -0.2) is 84.8 Å². The SMILES string of the molecule is CN1CCC(N2CCN(C/C=C/c3ccc(F)cc3)CC2CCO)CC1. The second-order valence-electron chi connectivity index (χ2n) is 7.65. The van der Waals surface area contributed by atoms with Crippen molar-refractivity contribution in [2.75, 3.05) is 52.9 Å². The Balaban J connectivity index is 1.52. The number of piperazine rings is 1. The molecule has 0 bridgehead atoms. The lowest BCUT2D eigenvalue weighted by Gasteiger charge is -2.47. The maximum atomic E-state index is 13.0. The predicted octanol–water partition coefficient (Wildman–Crippen LogP) is 2.30. The molecule has 1 unspecified atom stereocenters. The Morgan fingerprint density at radius 1 is 1.12 bits per heavy atom. The van der Waals surface area contributed by atoms with Crippen molar-refractivity contribution in [1.82, 2.24) is 14.7 Å². The zero-order valence-corrected chi connectivity index (χ0v) is 15.9. The van der Waals surface area contributed by atoms with Gasteiger partial charge in [-0.25, -0.2) is 4.39 Å². The van der Waals surface area contributed by atoms with Crippen LogP contribution in [0.2, 0.25) is 0 Å². The molecule has 0 aliphatic carbocycles.